The molecular weight excluding hydrogens is 395 g/mol. The molecule has 0 saturated carbocycles. The van der Waals surface area contributed by atoms with Crippen LogP contribution >= 0.6 is 0 Å². The first-order valence-corrected chi connectivity index (χ1v) is 9.05. The molecule has 1 fully saturated rings. The number of nitro groups is 1. The zero-order chi connectivity index (χ0) is 21.8. The summed E-state index contributed by atoms with van der Waals surface area (Å²) in [5.41, 5.74) is -1.65. The predicted molar refractivity (Wildman–Crippen MR) is 97.3 cm³/mol. The third-order valence-corrected chi connectivity index (χ3v) is 4.46. The molecule has 11 heteroatoms. The average molecular weight is 417 g/mol. The molecule has 0 aliphatic carbocycles. The van der Waals surface area contributed by atoms with Crippen LogP contribution in [0.25, 0.3) is 0 Å². The average Bonchev–Trinajstić information content (AvgIpc) is 2.64. The molecule has 1 saturated heterocycles. The molecule has 1 aliphatic rings. The van der Waals surface area contributed by atoms with Gasteiger partial charge < -0.3 is 15.0 Å². The van der Waals surface area contributed by atoms with Crippen LogP contribution in [0.15, 0.2) is 18.2 Å². The predicted octanol–water partition coefficient (Wildman–Crippen LogP) is 2.90. The number of nitrogens with one attached hydrogen (secondary N) is 1. The second-order valence-electron chi connectivity index (χ2n) is 7.05. The highest BCUT2D eigenvalue weighted by molar-refractivity contribution is 5.81. The Balaban J connectivity index is 1.99. The lowest BCUT2D eigenvalue weighted by Gasteiger charge is -2.32. The van der Waals surface area contributed by atoms with Crippen LogP contribution < -0.4 is 10.2 Å². The van der Waals surface area contributed by atoms with Crippen LogP contribution in [0.1, 0.15) is 32.3 Å². The molecule has 8 nitrogen and oxygen atoms in total. The van der Waals surface area contributed by atoms with Gasteiger partial charge >= 0.3 is 12.1 Å². The summed E-state index contributed by atoms with van der Waals surface area (Å²) in [4.78, 5) is 35.6. The van der Waals surface area contributed by atoms with E-state index in [4.69, 9.17) is 4.74 Å². The highest BCUT2D eigenvalue weighted by atomic mass is 19.4. The van der Waals surface area contributed by atoms with E-state index in [-0.39, 0.29) is 31.4 Å². The number of amides is 1. The number of rotatable bonds is 6. The summed E-state index contributed by atoms with van der Waals surface area (Å²) in [5.74, 6) is -1.43. The normalized spacial score (nSPS) is 15.3. The van der Waals surface area contributed by atoms with Crippen molar-refractivity contribution >= 4 is 23.3 Å². The number of carbonyl (C=O) groups excluding carboxylic acids is 2. The van der Waals surface area contributed by atoms with Crippen molar-refractivity contribution in [3.05, 3.63) is 33.9 Å². The molecule has 0 unspecified atom stereocenters. The smallest absolute Gasteiger partial charge is 0.416 e. The van der Waals surface area contributed by atoms with E-state index in [1.165, 1.54) is 0 Å². The van der Waals surface area contributed by atoms with Gasteiger partial charge in [0.15, 0.2) is 6.61 Å². The lowest BCUT2D eigenvalue weighted by Crippen LogP contribution is -2.39. The summed E-state index contributed by atoms with van der Waals surface area (Å²) in [6, 6.07) is 2.32. The molecule has 1 N–H and O–H groups in total. The van der Waals surface area contributed by atoms with Gasteiger partial charge in [-0.3, -0.25) is 19.7 Å². The topological polar surface area (TPSA) is 102 Å². The third-order valence-electron chi connectivity index (χ3n) is 4.46. The van der Waals surface area contributed by atoms with Crippen molar-refractivity contribution < 1.29 is 32.4 Å². The molecule has 1 aliphatic heterocycles. The molecule has 160 valence electrons. The number of hydrogen-bond acceptors (Lipinski definition) is 6. The maximum atomic E-state index is 12.8. The van der Waals surface area contributed by atoms with Crippen LogP contribution in [0.2, 0.25) is 0 Å². The van der Waals surface area contributed by atoms with Gasteiger partial charge in [-0.2, -0.15) is 13.2 Å². The van der Waals surface area contributed by atoms with Gasteiger partial charge in [0, 0.05) is 25.2 Å². The van der Waals surface area contributed by atoms with E-state index in [9.17, 15) is 32.9 Å². The monoisotopic (exact) mass is 417 g/mol. The summed E-state index contributed by atoms with van der Waals surface area (Å²) in [7, 11) is 0. The molecule has 0 spiro atoms. The quantitative estimate of drug-likeness (QED) is 0.434. The zero-order valence-corrected chi connectivity index (χ0v) is 16.0. The Morgan fingerprint density at radius 3 is 2.45 bits per heavy atom. The number of carbonyl (C=O) groups is 2. The lowest BCUT2D eigenvalue weighted by molar-refractivity contribution is -0.384. The number of ether oxygens (including phenoxy) is 1. The number of nitro benzene ring substituents is 1. The third kappa shape index (κ3) is 6.06. The van der Waals surface area contributed by atoms with E-state index < -0.39 is 40.1 Å². The molecule has 1 aromatic carbocycles. The zero-order valence-electron chi connectivity index (χ0n) is 16.0. The van der Waals surface area contributed by atoms with Gasteiger partial charge in [0.05, 0.1) is 16.4 Å². The fraction of sp³-hybridized carbons (Fsp3) is 0.556. The van der Waals surface area contributed by atoms with Gasteiger partial charge in [-0.25, -0.2) is 0 Å². The number of benzene rings is 1. The maximum Gasteiger partial charge on any atom is 0.416 e. The molecule has 1 amide bonds. The molecule has 0 aromatic heterocycles. The Morgan fingerprint density at radius 1 is 1.31 bits per heavy atom. The minimum absolute atomic E-state index is 0.0751. The minimum atomic E-state index is -4.68. The number of anilines is 1. The minimum Gasteiger partial charge on any atom is -0.455 e. The van der Waals surface area contributed by atoms with Crippen molar-refractivity contribution in [3.8, 4) is 0 Å². The first-order chi connectivity index (χ1) is 13.5. The van der Waals surface area contributed by atoms with E-state index in [0.717, 1.165) is 12.1 Å². The highest BCUT2D eigenvalue weighted by Gasteiger charge is 2.35. The summed E-state index contributed by atoms with van der Waals surface area (Å²) in [5, 5.41) is 13.8. The molecular formula is C18H22F3N3O5. The van der Waals surface area contributed by atoms with Gasteiger partial charge in [-0.15, -0.1) is 0 Å². The van der Waals surface area contributed by atoms with Gasteiger partial charge in [0.1, 0.15) is 5.69 Å². The van der Waals surface area contributed by atoms with Crippen molar-refractivity contribution in [2.24, 2.45) is 5.92 Å². The number of hydrogen-bond donors (Lipinski definition) is 1. The molecule has 1 heterocycles. The van der Waals surface area contributed by atoms with Gasteiger partial charge in [0.25, 0.3) is 11.6 Å². The molecule has 0 bridgehead atoms. The number of nitrogens with zero attached hydrogens (tertiary/aromatic N) is 2. The Hall–Kier alpha value is -2.85. The van der Waals surface area contributed by atoms with Crippen LogP contribution in [-0.2, 0) is 20.5 Å². The second-order valence-corrected chi connectivity index (χ2v) is 7.05. The van der Waals surface area contributed by atoms with Crippen molar-refractivity contribution in [2.45, 2.75) is 38.9 Å². The highest BCUT2D eigenvalue weighted by Crippen LogP contribution is 2.37. The van der Waals surface area contributed by atoms with E-state index >= 15 is 0 Å². The van der Waals surface area contributed by atoms with Crippen LogP contribution in [0.3, 0.4) is 0 Å². The van der Waals surface area contributed by atoms with Gasteiger partial charge in [0.2, 0.25) is 0 Å². The fourth-order valence-corrected chi connectivity index (χ4v) is 3.09. The lowest BCUT2D eigenvalue weighted by atomic mass is 9.96. The molecule has 29 heavy (non-hydrogen) atoms. The number of piperidine rings is 1. The van der Waals surface area contributed by atoms with E-state index in [0.29, 0.717) is 18.9 Å². The van der Waals surface area contributed by atoms with E-state index in [2.05, 4.69) is 5.32 Å². The van der Waals surface area contributed by atoms with Crippen LogP contribution in [0.5, 0.6) is 0 Å². The Morgan fingerprint density at radius 2 is 1.93 bits per heavy atom. The van der Waals surface area contributed by atoms with Crippen LogP contribution in [0, 0.1) is 16.0 Å². The van der Waals surface area contributed by atoms with Crippen LogP contribution in [-0.4, -0.2) is 42.5 Å². The molecule has 0 atom stereocenters. The van der Waals surface area contributed by atoms with E-state index in [1.807, 2.05) is 0 Å². The van der Waals surface area contributed by atoms with E-state index in [1.54, 1.807) is 18.7 Å². The summed E-state index contributed by atoms with van der Waals surface area (Å²) >= 11 is 0. The largest absolute Gasteiger partial charge is 0.455 e. The van der Waals surface area contributed by atoms with Crippen molar-refractivity contribution in [1.29, 1.82) is 0 Å². The Labute approximate surface area is 165 Å². The van der Waals surface area contributed by atoms with Crippen molar-refractivity contribution in [1.82, 2.24) is 5.32 Å². The number of halogens is 3. The first-order valence-electron chi connectivity index (χ1n) is 9.05. The van der Waals surface area contributed by atoms with Crippen molar-refractivity contribution in [3.63, 3.8) is 0 Å². The Bertz CT molecular complexity index is 774. The summed E-state index contributed by atoms with van der Waals surface area (Å²) in [6.45, 7) is 3.64. The van der Waals surface area contributed by atoms with Crippen LogP contribution in [0.4, 0.5) is 24.5 Å². The van der Waals surface area contributed by atoms with Gasteiger partial charge in [-0.1, -0.05) is 0 Å². The molecule has 0 radical (unpaired) electrons. The standard InChI is InChI=1S/C18H22F3N3O5/c1-11(2)22-16(25)10-29-17(26)12-5-7-23(8-6-12)14-4-3-13(18(19,20)21)9-15(14)24(27)28/h3-4,9,11-12H,5-8,10H2,1-2H3,(H,22,25). The van der Waals surface area contributed by atoms with Crippen molar-refractivity contribution in [2.75, 3.05) is 24.6 Å². The SMILES string of the molecule is CC(C)NC(=O)COC(=O)C1CCN(c2ccc(C(F)(F)F)cc2[N+](=O)[O-])CC1. The number of alkyl halides is 3. The summed E-state index contributed by atoms with van der Waals surface area (Å²) < 4.78 is 43.5. The second kappa shape index (κ2) is 9.10. The van der Waals surface area contributed by atoms with Gasteiger partial charge in [-0.05, 0) is 38.8 Å². The molecule has 1 aromatic rings. The summed E-state index contributed by atoms with van der Waals surface area (Å²) in [6.07, 6.45) is -4.06. The number of esters is 1. The first kappa shape index (κ1) is 22.4. The Kier molecular flexibility index (Phi) is 7.04. The molecule has 2 rings (SSSR count). The maximum absolute atomic E-state index is 12.8. The fourth-order valence-electron chi connectivity index (χ4n) is 3.09.